The standard InChI is InChI=1S/C19H31NO6/c1-8-10-19(13(9-2)24-6)11-12-20(17(23)26-18(3,4)5)15(21)14(19)16(22)25-7/h8-9,13-15,21H,1-2,10-12H2,3-7H3. The van der Waals surface area contributed by atoms with E-state index in [4.69, 9.17) is 14.2 Å². The molecule has 1 aliphatic heterocycles. The third-order valence-electron chi connectivity index (χ3n) is 4.70. The minimum absolute atomic E-state index is 0.200. The summed E-state index contributed by atoms with van der Waals surface area (Å²) in [5, 5.41) is 10.9. The summed E-state index contributed by atoms with van der Waals surface area (Å²) in [5.41, 5.74) is -1.55. The number of hydrogen-bond acceptors (Lipinski definition) is 6. The van der Waals surface area contributed by atoms with Gasteiger partial charge in [0.15, 0.2) is 0 Å². The summed E-state index contributed by atoms with van der Waals surface area (Å²) in [6.45, 7) is 13.0. The molecule has 1 N–H and O–H groups in total. The van der Waals surface area contributed by atoms with Gasteiger partial charge >= 0.3 is 12.1 Å². The molecule has 1 heterocycles. The number of nitrogens with zero attached hydrogens (tertiary/aromatic N) is 1. The number of rotatable bonds is 6. The van der Waals surface area contributed by atoms with E-state index in [0.29, 0.717) is 12.8 Å². The van der Waals surface area contributed by atoms with Gasteiger partial charge in [-0.05, 0) is 33.6 Å². The molecule has 1 saturated heterocycles. The number of carbonyl (C=O) groups excluding carboxylic acids is 2. The lowest BCUT2D eigenvalue weighted by Gasteiger charge is -2.51. The zero-order valence-corrected chi connectivity index (χ0v) is 16.4. The van der Waals surface area contributed by atoms with E-state index in [1.807, 2.05) is 0 Å². The fourth-order valence-electron chi connectivity index (χ4n) is 3.60. The molecule has 0 bridgehead atoms. The highest BCUT2D eigenvalue weighted by atomic mass is 16.6. The van der Waals surface area contributed by atoms with Crippen LogP contribution in [-0.2, 0) is 19.0 Å². The topological polar surface area (TPSA) is 85.3 Å². The molecule has 1 aliphatic rings. The Balaban J connectivity index is 3.33. The number of aliphatic hydroxyl groups is 1. The number of likely N-dealkylation sites (tertiary alicyclic amines) is 1. The summed E-state index contributed by atoms with van der Waals surface area (Å²) < 4.78 is 15.8. The zero-order valence-electron chi connectivity index (χ0n) is 16.4. The molecule has 4 atom stereocenters. The number of ether oxygens (including phenoxy) is 3. The summed E-state index contributed by atoms with van der Waals surface area (Å²) in [6.07, 6.45) is 1.41. The Bertz CT molecular complexity index is 541. The van der Waals surface area contributed by atoms with E-state index in [1.54, 1.807) is 32.9 Å². The maximum atomic E-state index is 12.6. The van der Waals surface area contributed by atoms with Crippen LogP contribution in [0.15, 0.2) is 25.3 Å². The van der Waals surface area contributed by atoms with Crippen molar-refractivity contribution in [3.63, 3.8) is 0 Å². The molecule has 0 aromatic carbocycles. The van der Waals surface area contributed by atoms with Crippen LogP contribution in [0.5, 0.6) is 0 Å². The number of methoxy groups -OCH3 is 2. The SMILES string of the molecule is C=CCC1(C(C=C)OC)CCN(C(=O)OC(C)(C)C)C(O)C1C(=O)OC. The van der Waals surface area contributed by atoms with Crippen LogP contribution in [-0.4, -0.2) is 60.8 Å². The minimum Gasteiger partial charge on any atom is -0.469 e. The van der Waals surface area contributed by atoms with Crippen molar-refractivity contribution in [1.29, 1.82) is 0 Å². The van der Waals surface area contributed by atoms with Gasteiger partial charge < -0.3 is 19.3 Å². The molecule has 148 valence electrons. The lowest BCUT2D eigenvalue weighted by Crippen LogP contribution is -2.62. The summed E-state index contributed by atoms with van der Waals surface area (Å²) >= 11 is 0. The van der Waals surface area contributed by atoms with Crippen LogP contribution in [0.2, 0.25) is 0 Å². The minimum atomic E-state index is -1.41. The van der Waals surface area contributed by atoms with Gasteiger partial charge in [0.1, 0.15) is 17.7 Å². The van der Waals surface area contributed by atoms with E-state index in [9.17, 15) is 14.7 Å². The first-order chi connectivity index (χ1) is 12.1. The highest BCUT2D eigenvalue weighted by Gasteiger charge is 2.56. The Kier molecular flexibility index (Phi) is 7.41. The van der Waals surface area contributed by atoms with E-state index in [2.05, 4.69) is 13.2 Å². The molecule has 0 aromatic heterocycles. The lowest BCUT2D eigenvalue weighted by molar-refractivity contribution is -0.186. The van der Waals surface area contributed by atoms with Gasteiger partial charge in [-0.15, -0.1) is 13.2 Å². The van der Waals surface area contributed by atoms with Gasteiger partial charge in [-0.3, -0.25) is 9.69 Å². The lowest BCUT2D eigenvalue weighted by atomic mass is 9.63. The Morgan fingerprint density at radius 1 is 1.35 bits per heavy atom. The van der Waals surface area contributed by atoms with Crippen molar-refractivity contribution in [2.24, 2.45) is 11.3 Å². The molecular weight excluding hydrogens is 338 g/mol. The average Bonchev–Trinajstić information content (AvgIpc) is 2.54. The third kappa shape index (κ3) is 4.45. The van der Waals surface area contributed by atoms with Crippen molar-refractivity contribution in [2.45, 2.75) is 51.5 Å². The number of piperidine rings is 1. The Morgan fingerprint density at radius 3 is 2.38 bits per heavy atom. The van der Waals surface area contributed by atoms with Gasteiger partial charge in [0, 0.05) is 19.1 Å². The van der Waals surface area contributed by atoms with E-state index in [1.165, 1.54) is 14.2 Å². The molecule has 0 aliphatic carbocycles. The van der Waals surface area contributed by atoms with E-state index in [0.717, 1.165) is 4.90 Å². The highest BCUT2D eigenvalue weighted by Crippen LogP contribution is 2.47. The van der Waals surface area contributed by atoms with Crippen molar-refractivity contribution < 1.29 is 28.9 Å². The van der Waals surface area contributed by atoms with Crippen molar-refractivity contribution in [1.82, 2.24) is 4.90 Å². The predicted molar refractivity (Wildman–Crippen MR) is 97.3 cm³/mol. The molecule has 0 spiro atoms. The van der Waals surface area contributed by atoms with Gasteiger partial charge in [0.25, 0.3) is 0 Å². The highest BCUT2D eigenvalue weighted by molar-refractivity contribution is 5.76. The molecule has 4 unspecified atom stereocenters. The molecule has 7 heteroatoms. The van der Waals surface area contributed by atoms with Crippen LogP contribution in [0, 0.1) is 11.3 Å². The molecule has 0 radical (unpaired) electrons. The van der Waals surface area contributed by atoms with E-state index < -0.39 is 41.3 Å². The Morgan fingerprint density at radius 2 is 1.96 bits per heavy atom. The maximum absolute atomic E-state index is 12.6. The van der Waals surface area contributed by atoms with Gasteiger partial charge in [0.2, 0.25) is 0 Å². The smallest absolute Gasteiger partial charge is 0.412 e. The van der Waals surface area contributed by atoms with Crippen molar-refractivity contribution in [2.75, 3.05) is 20.8 Å². The Hall–Kier alpha value is -1.86. The molecule has 1 rings (SSSR count). The molecule has 0 aromatic rings. The van der Waals surface area contributed by atoms with E-state index >= 15 is 0 Å². The molecule has 26 heavy (non-hydrogen) atoms. The summed E-state index contributed by atoms with van der Waals surface area (Å²) in [5.74, 6) is -1.66. The maximum Gasteiger partial charge on any atom is 0.412 e. The van der Waals surface area contributed by atoms with Crippen LogP contribution in [0.25, 0.3) is 0 Å². The number of allylic oxidation sites excluding steroid dienone is 1. The zero-order chi connectivity index (χ0) is 20.1. The fourth-order valence-corrected chi connectivity index (χ4v) is 3.60. The largest absolute Gasteiger partial charge is 0.469 e. The number of esters is 1. The van der Waals surface area contributed by atoms with Gasteiger partial charge in [0.05, 0.1) is 13.2 Å². The third-order valence-corrected chi connectivity index (χ3v) is 4.70. The summed E-state index contributed by atoms with van der Waals surface area (Å²) in [7, 11) is 2.76. The van der Waals surface area contributed by atoms with Crippen LogP contribution in [0.4, 0.5) is 4.79 Å². The second kappa shape index (κ2) is 8.68. The Labute approximate surface area is 155 Å². The average molecular weight is 369 g/mol. The molecular formula is C19H31NO6. The van der Waals surface area contributed by atoms with Crippen molar-refractivity contribution >= 4 is 12.1 Å². The van der Waals surface area contributed by atoms with Crippen LogP contribution in [0.3, 0.4) is 0 Å². The molecule has 0 saturated carbocycles. The van der Waals surface area contributed by atoms with Crippen molar-refractivity contribution in [3.8, 4) is 0 Å². The van der Waals surface area contributed by atoms with Crippen LogP contribution >= 0.6 is 0 Å². The fraction of sp³-hybridized carbons (Fsp3) is 0.684. The first-order valence-electron chi connectivity index (χ1n) is 8.59. The summed E-state index contributed by atoms with van der Waals surface area (Å²) in [4.78, 5) is 26.2. The van der Waals surface area contributed by atoms with Crippen LogP contribution in [0.1, 0.15) is 33.6 Å². The first-order valence-corrected chi connectivity index (χ1v) is 8.59. The van der Waals surface area contributed by atoms with Gasteiger partial charge in [-0.2, -0.15) is 0 Å². The van der Waals surface area contributed by atoms with Gasteiger partial charge in [-0.1, -0.05) is 12.2 Å². The number of carbonyl (C=O) groups is 2. The number of hydrogen-bond donors (Lipinski definition) is 1. The summed E-state index contributed by atoms with van der Waals surface area (Å²) in [6, 6.07) is 0. The normalized spacial score (nSPS) is 27.4. The predicted octanol–water partition coefficient (Wildman–Crippen LogP) is 2.50. The molecule has 1 fully saturated rings. The number of amides is 1. The number of aliphatic hydroxyl groups excluding tert-OH is 1. The quantitative estimate of drug-likeness (QED) is 0.572. The monoisotopic (exact) mass is 369 g/mol. The van der Waals surface area contributed by atoms with Gasteiger partial charge in [-0.25, -0.2) is 4.79 Å². The first kappa shape index (κ1) is 22.2. The van der Waals surface area contributed by atoms with Crippen molar-refractivity contribution in [3.05, 3.63) is 25.3 Å². The second-order valence-corrected chi connectivity index (χ2v) is 7.46. The van der Waals surface area contributed by atoms with E-state index in [-0.39, 0.29) is 6.54 Å². The molecule has 7 nitrogen and oxygen atoms in total. The second-order valence-electron chi connectivity index (χ2n) is 7.46. The molecule has 1 amide bonds. The van der Waals surface area contributed by atoms with Crippen LogP contribution < -0.4 is 0 Å².